The molecule has 2 N–H and O–H groups in total. The molecule has 2 amide bonds. The monoisotopic (exact) mass is 482 g/mol. The van der Waals surface area contributed by atoms with Crippen molar-refractivity contribution in [1.82, 2.24) is 5.32 Å². The van der Waals surface area contributed by atoms with Crippen molar-refractivity contribution in [3.05, 3.63) is 107 Å². The fourth-order valence-electron chi connectivity index (χ4n) is 3.24. The van der Waals surface area contributed by atoms with E-state index in [1.165, 1.54) is 12.1 Å². The van der Waals surface area contributed by atoms with Crippen molar-refractivity contribution < 1.29 is 18.0 Å². The van der Waals surface area contributed by atoms with Crippen molar-refractivity contribution in [2.75, 3.05) is 11.6 Å². The lowest BCUT2D eigenvalue weighted by Crippen LogP contribution is -2.30. The van der Waals surface area contributed by atoms with Gasteiger partial charge in [0.05, 0.1) is 17.4 Å². The van der Waals surface area contributed by atoms with E-state index in [2.05, 4.69) is 17.2 Å². The fourth-order valence-corrected chi connectivity index (χ4v) is 4.04. The normalized spacial score (nSPS) is 11.9. The molecule has 0 bridgehead atoms. The molecule has 3 aromatic carbocycles. The Bertz CT molecular complexity index is 1270. The second kappa shape index (κ2) is 10.5. The summed E-state index contributed by atoms with van der Waals surface area (Å²) < 4.78 is 24.1. The Morgan fingerprint density at radius 3 is 2.27 bits per heavy atom. The minimum atomic E-state index is -3.41. The summed E-state index contributed by atoms with van der Waals surface area (Å²) in [6.45, 7) is 3.41. The lowest BCUT2D eigenvalue weighted by atomic mass is 9.98. The molecule has 3 rings (SSSR count). The minimum absolute atomic E-state index is 0.103. The number of benzene rings is 3. The molecule has 0 aromatic heterocycles. The highest BCUT2D eigenvalue weighted by molar-refractivity contribution is 7.90. The first-order chi connectivity index (χ1) is 15.7. The number of sulfone groups is 1. The van der Waals surface area contributed by atoms with Crippen LogP contribution in [0.25, 0.3) is 0 Å². The zero-order valence-electron chi connectivity index (χ0n) is 17.9. The summed E-state index contributed by atoms with van der Waals surface area (Å²) in [5.74, 6) is -0.565. The molecular formula is C25H23ClN2O4S. The first kappa shape index (κ1) is 24.2. The second-order valence-electron chi connectivity index (χ2n) is 7.46. The van der Waals surface area contributed by atoms with Crippen LogP contribution >= 0.6 is 11.6 Å². The molecule has 0 aliphatic carbocycles. The Morgan fingerprint density at radius 1 is 1.00 bits per heavy atom. The van der Waals surface area contributed by atoms with E-state index in [-0.39, 0.29) is 23.1 Å². The lowest BCUT2D eigenvalue weighted by molar-refractivity contribution is -0.121. The molecule has 3 aromatic rings. The first-order valence-electron chi connectivity index (χ1n) is 10.0. The summed E-state index contributed by atoms with van der Waals surface area (Å²) in [6.07, 6.45) is 2.42. The van der Waals surface area contributed by atoms with Gasteiger partial charge in [-0.1, -0.05) is 54.6 Å². The fraction of sp³-hybridized carbons (Fsp3) is 0.120. The summed E-state index contributed by atoms with van der Waals surface area (Å²) in [6, 6.07) is 19.9. The zero-order valence-corrected chi connectivity index (χ0v) is 19.5. The molecule has 1 unspecified atom stereocenters. The molecule has 170 valence electrons. The van der Waals surface area contributed by atoms with Crippen LogP contribution in [0.2, 0.25) is 5.02 Å². The van der Waals surface area contributed by atoms with Crippen LogP contribution in [0.15, 0.2) is 90.3 Å². The Kier molecular flexibility index (Phi) is 7.68. The molecular weight excluding hydrogens is 460 g/mol. The molecule has 0 heterocycles. The highest BCUT2D eigenvalue weighted by Gasteiger charge is 2.19. The van der Waals surface area contributed by atoms with Crippen LogP contribution in [0, 0.1) is 0 Å². The zero-order chi connectivity index (χ0) is 24.0. The number of nitrogens with one attached hydrogen (secondary N) is 2. The largest absolute Gasteiger partial charge is 0.345 e. The maximum absolute atomic E-state index is 12.9. The highest BCUT2D eigenvalue weighted by Crippen LogP contribution is 2.26. The van der Waals surface area contributed by atoms with E-state index in [1.807, 2.05) is 0 Å². The van der Waals surface area contributed by atoms with E-state index < -0.39 is 15.9 Å². The summed E-state index contributed by atoms with van der Waals surface area (Å²) in [5, 5.41) is 6.20. The predicted octanol–water partition coefficient (Wildman–Crippen LogP) is 4.32. The van der Waals surface area contributed by atoms with E-state index in [4.69, 9.17) is 11.6 Å². The Morgan fingerprint density at radius 2 is 1.67 bits per heavy atom. The quantitative estimate of drug-likeness (QED) is 0.468. The Balaban J connectivity index is 1.83. The molecule has 0 saturated carbocycles. The summed E-state index contributed by atoms with van der Waals surface area (Å²) in [5.41, 5.74) is 2.75. The molecule has 0 saturated heterocycles. The SMILES string of the molecule is C=CC(=O)Nc1ccc(CC(=O)NC(c2ccc(Cl)cc2)c2cccc(S(C)(=O)=O)c2)cc1. The van der Waals surface area contributed by atoms with Gasteiger partial charge in [0, 0.05) is 17.0 Å². The molecule has 0 radical (unpaired) electrons. The minimum Gasteiger partial charge on any atom is -0.345 e. The number of amides is 2. The van der Waals surface area contributed by atoms with Crippen LogP contribution in [-0.2, 0) is 25.8 Å². The van der Waals surface area contributed by atoms with E-state index in [9.17, 15) is 18.0 Å². The van der Waals surface area contributed by atoms with Gasteiger partial charge >= 0.3 is 0 Å². The first-order valence-corrected chi connectivity index (χ1v) is 12.3. The molecule has 1 atom stereocenters. The van der Waals surface area contributed by atoms with Crippen molar-refractivity contribution in [1.29, 1.82) is 0 Å². The van der Waals surface area contributed by atoms with Crippen LogP contribution in [0.1, 0.15) is 22.7 Å². The number of rotatable bonds is 8. The van der Waals surface area contributed by atoms with Crippen LogP contribution in [0.4, 0.5) is 5.69 Å². The topological polar surface area (TPSA) is 92.3 Å². The molecule has 33 heavy (non-hydrogen) atoms. The number of halogens is 1. The molecule has 0 aliphatic heterocycles. The van der Waals surface area contributed by atoms with Crippen LogP contribution in [-0.4, -0.2) is 26.5 Å². The van der Waals surface area contributed by atoms with Crippen molar-refractivity contribution >= 4 is 38.9 Å². The third-order valence-electron chi connectivity index (χ3n) is 4.90. The lowest BCUT2D eigenvalue weighted by Gasteiger charge is -2.21. The second-order valence-corrected chi connectivity index (χ2v) is 9.92. The molecule has 6 nitrogen and oxygen atoms in total. The highest BCUT2D eigenvalue weighted by atomic mass is 35.5. The maximum atomic E-state index is 12.9. The molecule has 0 fully saturated rings. The van der Waals surface area contributed by atoms with E-state index in [1.54, 1.807) is 66.7 Å². The van der Waals surface area contributed by atoms with Crippen molar-refractivity contribution in [2.45, 2.75) is 17.4 Å². The Hall–Kier alpha value is -3.42. The van der Waals surface area contributed by atoms with E-state index in [0.717, 1.165) is 17.4 Å². The van der Waals surface area contributed by atoms with Gasteiger partial charge < -0.3 is 10.6 Å². The third-order valence-corrected chi connectivity index (χ3v) is 6.26. The molecule has 8 heteroatoms. The smallest absolute Gasteiger partial charge is 0.247 e. The summed E-state index contributed by atoms with van der Waals surface area (Å²) in [4.78, 5) is 24.5. The molecule has 0 aliphatic rings. The van der Waals surface area contributed by atoms with Crippen LogP contribution in [0.5, 0.6) is 0 Å². The van der Waals surface area contributed by atoms with Gasteiger partial charge in [-0.3, -0.25) is 9.59 Å². The third kappa shape index (κ3) is 6.78. The summed E-state index contributed by atoms with van der Waals surface area (Å²) >= 11 is 6.02. The van der Waals surface area contributed by atoms with Gasteiger partial charge in [0.15, 0.2) is 9.84 Å². The number of hydrogen-bond donors (Lipinski definition) is 2. The summed E-state index contributed by atoms with van der Waals surface area (Å²) in [7, 11) is -3.41. The number of carbonyl (C=O) groups excluding carboxylic acids is 2. The Labute approximate surface area is 198 Å². The number of hydrogen-bond acceptors (Lipinski definition) is 4. The average molecular weight is 483 g/mol. The van der Waals surface area contributed by atoms with Gasteiger partial charge in [0.2, 0.25) is 11.8 Å². The van der Waals surface area contributed by atoms with Crippen LogP contribution in [0.3, 0.4) is 0 Å². The average Bonchev–Trinajstić information content (AvgIpc) is 2.79. The van der Waals surface area contributed by atoms with E-state index in [0.29, 0.717) is 16.3 Å². The van der Waals surface area contributed by atoms with Crippen molar-refractivity contribution in [2.24, 2.45) is 0 Å². The van der Waals surface area contributed by atoms with Gasteiger partial charge in [0.25, 0.3) is 0 Å². The predicted molar refractivity (Wildman–Crippen MR) is 130 cm³/mol. The van der Waals surface area contributed by atoms with Crippen LogP contribution < -0.4 is 10.6 Å². The van der Waals surface area contributed by atoms with Gasteiger partial charge in [-0.25, -0.2) is 8.42 Å². The van der Waals surface area contributed by atoms with Gasteiger partial charge in [0.1, 0.15) is 0 Å². The standard InChI is InChI=1S/C25H23ClN2O4S/c1-3-23(29)27-21-13-7-17(8-14-21)15-24(30)28-25(18-9-11-20(26)12-10-18)19-5-4-6-22(16-19)33(2,31)32/h3-14,16,25H,1,15H2,2H3,(H,27,29)(H,28,30). The molecule has 0 spiro atoms. The van der Waals surface area contributed by atoms with E-state index >= 15 is 0 Å². The van der Waals surface area contributed by atoms with Crippen molar-refractivity contribution in [3.63, 3.8) is 0 Å². The maximum Gasteiger partial charge on any atom is 0.247 e. The number of carbonyl (C=O) groups is 2. The van der Waals surface area contributed by atoms with Gasteiger partial charge in [-0.15, -0.1) is 0 Å². The van der Waals surface area contributed by atoms with Gasteiger partial charge in [-0.2, -0.15) is 0 Å². The number of anilines is 1. The van der Waals surface area contributed by atoms with Crippen molar-refractivity contribution in [3.8, 4) is 0 Å². The van der Waals surface area contributed by atoms with Gasteiger partial charge in [-0.05, 0) is 59.2 Å².